The molecular weight excluding hydrogens is 384 g/mol. The van der Waals surface area contributed by atoms with Crippen molar-refractivity contribution < 1.29 is 14.3 Å². The van der Waals surface area contributed by atoms with Crippen molar-refractivity contribution in [1.82, 2.24) is 14.5 Å². The smallest absolute Gasteiger partial charge is 0.340 e. The monoisotopic (exact) mass is 404 g/mol. The molecule has 3 aromatic heterocycles. The van der Waals surface area contributed by atoms with Crippen LogP contribution in [-0.4, -0.2) is 27.6 Å². The Bertz CT molecular complexity index is 1190. The highest BCUT2D eigenvalue weighted by Crippen LogP contribution is 2.40. The number of nitrogens with zero attached hydrogens (tertiary/aromatic N) is 3. The van der Waals surface area contributed by atoms with E-state index in [9.17, 15) is 9.59 Å². The Morgan fingerprint density at radius 2 is 1.97 bits per heavy atom. The van der Waals surface area contributed by atoms with E-state index in [0.717, 1.165) is 5.56 Å². The first-order valence-electron chi connectivity index (χ1n) is 9.30. The van der Waals surface area contributed by atoms with Gasteiger partial charge < -0.3 is 19.8 Å². The second kappa shape index (κ2) is 7.82. The Balaban J connectivity index is 1.94. The van der Waals surface area contributed by atoms with Gasteiger partial charge in [-0.3, -0.25) is 14.8 Å². The van der Waals surface area contributed by atoms with Gasteiger partial charge in [0.1, 0.15) is 11.3 Å². The minimum atomic E-state index is -0.761. The van der Waals surface area contributed by atoms with Gasteiger partial charge in [0.25, 0.3) is 5.56 Å². The fourth-order valence-electron chi connectivity index (χ4n) is 3.65. The molecule has 0 aromatic carbocycles. The molecule has 0 saturated heterocycles. The number of rotatable bonds is 4. The Morgan fingerprint density at radius 1 is 1.23 bits per heavy atom. The van der Waals surface area contributed by atoms with E-state index in [1.54, 1.807) is 47.6 Å². The van der Waals surface area contributed by atoms with Crippen molar-refractivity contribution in [3.63, 3.8) is 0 Å². The van der Waals surface area contributed by atoms with Crippen LogP contribution in [0.5, 0.6) is 5.75 Å². The highest BCUT2D eigenvalue weighted by Gasteiger charge is 2.38. The molecule has 30 heavy (non-hydrogen) atoms. The number of methoxy groups -OCH3 is 1. The Hall–Kier alpha value is -3.94. The molecule has 152 valence electrons. The zero-order chi connectivity index (χ0) is 21.3. The van der Waals surface area contributed by atoms with Gasteiger partial charge >= 0.3 is 5.97 Å². The van der Waals surface area contributed by atoms with E-state index >= 15 is 0 Å². The lowest BCUT2D eigenvalue weighted by molar-refractivity contribution is -0.136. The first-order chi connectivity index (χ1) is 14.5. The fraction of sp³-hybridized carbons (Fsp3) is 0.182. The van der Waals surface area contributed by atoms with Crippen LogP contribution in [0, 0.1) is 6.92 Å². The van der Waals surface area contributed by atoms with Crippen LogP contribution in [0.2, 0.25) is 0 Å². The summed E-state index contributed by atoms with van der Waals surface area (Å²) in [6.07, 6.45) is 6.60. The summed E-state index contributed by atoms with van der Waals surface area (Å²) < 4.78 is 12.2. The molecule has 8 nitrogen and oxygen atoms in total. The molecular formula is C22H20N4O4. The molecule has 0 radical (unpaired) electrons. The van der Waals surface area contributed by atoms with Crippen molar-refractivity contribution in [1.29, 1.82) is 0 Å². The Labute approximate surface area is 172 Å². The molecule has 3 aromatic rings. The predicted molar refractivity (Wildman–Crippen MR) is 109 cm³/mol. The summed E-state index contributed by atoms with van der Waals surface area (Å²) in [7, 11) is 1.26. The highest BCUT2D eigenvalue weighted by atomic mass is 16.5. The molecule has 0 fully saturated rings. The zero-order valence-electron chi connectivity index (χ0n) is 16.5. The van der Waals surface area contributed by atoms with Crippen molar-refractivity contribution in [2.75, 3.05) is 7.11 Å². The van der Waals surface area contributed by atoms with Crippen LogP contribution in [0.15, 0.2) is 71.4 Å². The number of nitrogens with two attached hydrogens (primary N) is 1. The van der Waals surface area contributed by atoms with Gasteiger partial charge in [0.2, 0.25) is 5.88 Å². The molecule has 0 amide bonds. The highest BCUT2D eigenvalue weighted by molar-refractivity contribution is 5.92. The second-order valence-corrected chi connectivity index (χ2v) is 6.91. The number of esters is 1. The van der Waals surface area contributed by atoms with Crippen LogP contribution in [0.4, 0.5) is 0 Å². The van der Waals surface area contributed by atoms with Gasteiger partial charge in [-0.25, -0.2) is 4.79 Å². The first-order valence-corrected chi connectivity index (χ1v) is 9.30. The summed E-state index contributed by atoms with van der Waals surface area (Å²) in [5.74, 6) is -1.19. The first kappa shape index (κ1) is 19.4. The third-order valence-electron chi connectivity index (χ3n) is 5.06. The lowest BCUT2D eigenvalue weighted by Gasteiger charge is -2.28. The van der Waals surface area contributed by atoms with Crippen molar-refractivity contribution >= 4 is 5.97 Å². The third kappa shape index (κ3) is 3.32. The summed E-state index contributed by atoms with van der Waals surface area (Å²) in [6, 6.07) is 8.97. The zero-order valence-corrected chi connectivity index (χ0v) is 16.5. The van der Waals surface area contributed by atoms with Gasteiger partial charge in [-0.05, 0) is 30.2 Å². The number of fused-ring (bicyclic) bond motifs is 1. The second-order valence-electron chi connectivity index (χ2n) is 6.91. The molecule has 1 atom stereocenters. The molecule has 2 N–H and O–H groups in total. The quantitative estimate of drug-likeness (QED) is 0.661. The predicted octanol–water partition coefficient (Wildman–Crippen LogP) is 1.86. The number of carbonyl (C=O) groups is 1. The van der Waals surface area contributed by atoms with Crippen molar-refractivity contribution in [2.24, 2.45) is 5.73 Å². The topological polar surface area (TPSA) is 109 Å². The van der Waals surface area contributed by atoms with Gasteiger partial charge in [0.05, 0.1) is 25.1 Å². The SMILES string of the molecule is COC(=O)C1=C(N)Oc2cc(C)n(Cc3cccnc3)c(=O)c2C1c1cccnc1. The van der Waals surface area contributed by atoms with Crippen molar-refractivity contribution in [3.05, 3.63) is 99.3 Å². The lowest BCUT2D eigenvalue weighted by atomic mass is 9.84. The van der Waals surface area contributed by atoms with Crippen LogP contribution >= 0.6 is 0 Å². The average molecular weight is 404 g/mol. The van der Waals surface area contributed by atoms with Gasteiger partial charge in [-0.2, -0.15) is 0 Å². The molecule has 1 aliphatic rings. The molecule has 1 unspecified atom stereocenters. The molecule has 1 aliphatic heterocycles. The molecule has 8 heteroatoms. The average Bonchev–Trinajstić information content (AvgIpc) is 2.76. The number of hydrogen-bond donors (Lipinski definition) is 1. The van der Waals surface area contributed by atoms with Crippen LogP contribution in [0.25, 0.3) is 0 Å². The maximum Gasteiger partial charge on any atom is 0.340 e. The molecule has 0 spiro atoms. The number of hydrogen-bond acceptors (Lipinski definition) is 7. The summed E-state index contributed by atoms with van der Waals surface area (Å²) in [4.78, 5) is 34.4. The maximum atomic E-state index is 13.6. The van der Waals surface area contributed by atoms with E-state index in [2.05, 4.69) is 9.97 Å². The van der Waals surface area contributed by atoms with Crippen LogP contribution < -0.4 is 16.0 Å². The minimum Gasteiger partial charge on any atom is -0.465 e. The van der Waals surface area contributed by atoms with Crippen LogP contribution in [-0.2, 0) is 16.1 Å². The number of carbonyl (C=O) groups excluding carboxylic acids is 1. The number of aryl methyl sites for hydroxylation is 1. The number of aromatic nitrogens is 3. The van der Waals surface area contributed by atoms with Gasteiger partial charge in [-0.15, -0.1) is 0 Å². The van der Waals surface area contributed by atoms with Crippen molar-refractivity contribution in [2.45, 2.75) is 19.4 Å². The molecule has 0 saturated carbocycles. The lowest BCUT2D eigenvalue weighted by Crippen LogP contribution is -2.35. The van der Waals surface area contributed by atoms with E-state index < -0.39 is 11.9 Å². The molecule has 4 rings (SSSR count). The van der Waals surface area contributed by atoms with Gasteiger partial charge in [0.15, 0.2) is 0 Å². The van der Waals surface area contributed by atoms with E-state index in [1.807, 2.05) is 19.1 Å². The third-order valence-corrected chi connectivity index (χ3v) is 5.06. The van der Waals surface area contributed by atoms with Crippen molar-refractivity contribution in [3.8, 4) is 5.75 Å². The van der Waals surface area contributed by atoms with E-state index in [1.165, 1.54) is 7.11 Å². The summed E-state index contributed by atoms with van der Waals surface area (Å²) in [6.45, 7) is 2.15. The van der Waals surface area contributed by atoms with E-state index in [0.29, 0.717) is 29.1 Å². The standard InChI is InChI=1S/C22H20N4O4/c1-13-9-16-18(21(27)26(13)12-14-5-3-7-24-10-14)17(15-6-4-8-25-11-15)19(20(23)30-16)22(28)29-2/h3-11,17H,12,23H2,1-2H3. The molecule has 0 aliphatic carbocycles. The Morgan fingerprint density at radius 3 is 2.60 bits per heavy atom. The largest absolute Gasteiger partial charge is 0.465 e. The normalized spacial score (nSPS) is 15.3. The summed E-state index contributed by atoms with van der Waals surface area (Å²) in [5, 5.41) is 0. The number of ether oxygens (including phenoxy) is 2. The van der Waals surface area contributed by atoms with E-state index in [4.69, 9.17) is 15.2 Å². The van der Waals surface area contributed by atoms with E-state index in [-0.39, 0.29) is 17.0 Å². The summed E-state index contributed by atoms with van der Waals surface area (Å²) in [5.41, 5.74) is 8.40. The molecule has 4 heterocycles. The van der Waals surface area contributed by atoms with Crippen LogP contribution in [0.3, 0.4) is 0 Å². The van der Waals surface area contributed by atoms with Gasteiger partial charge in [0, 0.05) is 36.5 Å². The minimum absolute atomic E-state index is 0.0758. The summed E-state index contributed by atoms with van der Waals surface area (Å²) >= 11 is 0. The number of pyridine rings is 3. The maximum absolute atomic E-state index is 13.6. The molecule has 0 bridgehead atoms. The Kier molecular flexibility index (Phi) is 5.05. The fourth-order valence-corrected chi connectivity index (χ4v) is 3.65. The van der Waals surface area contributed by atoms with Gasteiger partial charge in [-0.1, -0.05) is 12.1 Å². The van der Waals surface area contributed by atoms with Crippen LogP contribution in [0.1, 0.15) is 28.3 Å².